The minimum absolute atomic E-state index is 0.155. The van der Waals surface area contributed by atoms with E-state index in [2.05, 4.69) is 15.8 Å². The normalized spacial score (nSPS) is 16.7. The lowest BCUT2D eigenvalue weighted by Crippen LogP contribution is -2.52. The van der Waals surface area contributed by atoms with Gasteiger partial charge in [-0.2, -0.15) is 0 Å². The number of aliphatic imine (C=N–C) groups is 1. The van der Waals surface area contributed by atoms with Crippen molar-refractivity contribution in [2.45, 2.75) is 12.5 Å². The van der Waals surface area contributed by atoms with Gasteiger partial charge in [0.15, 0.2) is 0 Å². The lowest BCUT2D eigenvalue weighted by molar-refractivity contribution is -0.123. The summed E-state index contributed by atoms with van der Waals surface area (Å²) in [5.41, 5.74) is 7.36. The largest absolute Gasteiger partial charge is 0.497 e. The van der Waals surface area contributed by atoms with Crippen molar-refractivity contribution in [1.29, 1.82) is 0 Å². The Morgan fingerprint density at radius 3 is 2.29 bits per heavy atom. The van der Waals surface area contributed by atoms with Crippen LogP contribution < -0.4 is 20.3 Å². The molecule has 0 spiro atoms. The second kappa shape index (κ2) is 7.04. The first-order chi connectivity index (χ1) is 11.7. The third kappa shape index (κ3) is 3.48. The average Bonchev–Trinajstić information content (AvgIpc) is 2.64. The summed E-state index contributed by atoms with van der Waals surface area (Å²) < 4.78 is 10.6. The molecule has 0 fully saturated rings. The van der Waals surface area contributed by atoms with E-state index in [1.807, 2.05) is 42.5 Å². The first-order valence-corrected chi connectivity index (χ1v) is 7.60. The van der Waals surface area contributed by atoms with Crippen LogP contribution in [0.15, 0.2) is 53.5 Å². The fourth-order valence-electron chi connectivity index (χ4n) is 2.52. The van der Waals surface area contributed by atoms with Crippen LogP contribution in [0.4, 0.5) is 0 Å². The van der Waals surface area contributed by atoms with Gasteiger partial charge in [0.05, 0.1) is 14.2 Å². The molecule has 2 N–H and O–H groups in total. The van der Waals surface area contributed by atoms with Gasteiger partial charge < -0.3 is 9.47 Å². The highest BCUT2D eigenvalue weighted by Gasteiger charge is 2.24. The summed E-state index contributed by atoms with van der Waals surface area (Å²) in [6.07, 6.45) is 0.541. The first kappa shape index (κ1) is 15.9. The van der Waals surface area contributed by atoms with Crippen molar-refractivity contribution in [2.24, 2.45) is 4.99 Å². The highest BCUT2D eigenvalue weighted by molar-refractivity contribution is 6.04. The Labute approximate surface area is 140 Å². The van der Waals surface area contributed by atoms with Gasteiger partial charge >= 0.3 is 0 Å². The van der Waals surface area contributed by atoms with Gasteiger partial charge in [-0.3, -0.25) is 20.6 Å². The van der Waals surface area contributed by atoms with Gasteiger partial charge in [-0.1, -0.05) is 30.3 Å². The topological polar surface area (TPSA) is 72.0 Å². The zero-order valence-electron chi connectivity index (χ0n) is 13.6. The van der Waals surface area contributed by atoms with Crippen molar-refractivity contribution >= 4 is 11.7 Å². The third-order valence-corrected chi connectivity index (χ3v) is 3.79. The molecular weight excluding hydrogens is 306 g/mol. The minimum atomic E-state index is -0.485. The molecule has 0 aliphatic carbocycles. The molecule has 0 saturated heterocycles. The van der Waals surface area contributed by atoms with Crippen molar-refractivity contribution in [2.75, 3.05) is 14.2 Å². The zero-order chi connectivity index (χ0) is 16.9. The highest BCUT2D eigenvalue weighted by Crippen LogP contribution is 2.23. The number of hydrogen-bond acceptors (Lipinski definition) is 5. The Balaban J connectivity index is 1.90. The van der Waals surface area contributed by atoms with Gasteiger partial charge in [0.2, 0.25) is 0 Å². The molecule has 0 saturated carbocycles. The lowest BCUT2D eigenvalue weighted by Gasteiger charge is -2.23. The van der Waals surface area contributed by atoms with Crippen molar-refractivity contribution in [3.05, 3.63) is 59.7 Å². The Kier molecular flexibility index (Phi) is 4.65. The number of amidine groups is 1. The monoisotopic (exact) mass is 325 g/mol. The number of ether oxygens (including phenoxy) is 2. The van der Waals surface area contributed by atoms with Crippen molar-refractivity contribution in [3.63, 3.8) is 0 Å². The number of hydrogen-bond donors (Lipinski definition) is 2. The molecule has 0 bridgehead atoms. The average molecular weight is 325 g/mol. The van der Waals surface area contributed by atoms with E-state index in [-0.39, 0.29) is 5.91 Å². The molecule has 1 aliphatic rings. The summed E-state index contributed by atoms with van der Waals surface area (Å²) >= 11 is 0. The van der Waals surface area contributed by atoms with E-state index in [9.17, 15) is 4.79 Å². The standard InChI is InChI=1S/C18H19N3O3/c1-23-14-9-13(10-15(11-14)24-2)17-19-16(18(22)21-20-17)8-12-6-4-3-5-7-12/h3-7,9-11,16H,8H2,1-2H3,(H,19,20)(H,21,22). The fourth-order valence-corrected chi connectivity index (χ4v) is 2.52. The summed E-state index contributed by atoms with van der Waals surface area (Å²) in [6, 6.07) is 14.8. The molecule has 6 nitrogen and oxygen atoms in total. The predicted octanol–water partition coefficient (Wildman–Crippen LogP) is 1.70. The van der Waals surface area contributed by atoms with Crippen LogP contribution in [0.1, 0.15) is 11.1 Å². The number of methoxy groups -OCH3 is 2. The molecule has 124 valence electrons. The van der Waals surface area contributed by atoms with Crippen LogP contribution >= 0.6 is 0 Å². The van der Waals surface area contributed by atoms with Gasteiger partial charge in [0, 0.05) is 18.1 Å². The van der Waals surface area contributed by atoms with Gasteiger partial charge in [0.1, 0.15) is 23.4 Å². The fraction of sp³-hybridized carbons (Fsp3) is 0.222. The van der Waals surface area contributed by atoms with E-state index in [1.54, 1.807) is 20.3 Å². The van der Waals surface area contributed by atoms with Crippen LogP contribution in [-0.2, 0) is 11.2 Å². The summed E-state index contributed by atoms with van der Waals surface area (Å²) in [5, 5.41) is 0. The van der Waals surface area contributed by atoms with Gasteiger partial charge in [-0.15, -0.1) is 0 Å². The molecule has 1 heterocycles. The number of rotatable bonds is 5. The second-order valence-electron chi connectivity index (χ2n) is 5.40. The lowest BCUT2D eigenvalue weighted by atomic mass is 10.0. The molecule has 3 rings (SSSR count). The van der Waals surface area contributed by atoms with E-state index in [0.29, 0.717) is 23.8 Å². The van der Waals surface area contributed by atoms with Gasteiger partial charge in [-0.25, -0.2) is 0 Å². The van der Waals surface area contributed by atoms with Crippen molar-refractivity contribution in [1.82, 2.24) is 10.9 Å². The van der Waals surface area contributed by atoms with Crippen LogP contribution in [0.2, 0.25) is 0 Å². The van der Waals surface area contributed by atoms with E-state index >= 15 is 0 Å². The molecule has 6 heteroatoms. The second-order valence-corrected chi connectivity index (χ2v) is 5.40. The zero-order valence-corrected chi connectivity index (χ0v) is 13.6. The molecule has 2 aromatic carbocycles. The predicted molar refractivity (Wildman–Crippen MR) is 91.3 cm³/mol. The van der Waals surface area contributed by atoms with E-state index < -0.39 is 6.04 Å². The molecule has 1 unspecified atom stereocenters. The number of benzene rings is 2. The number of carbonyl (C=O) groups is 1. The van der Waals surface area contributed by atoms with Crippen LogP contribution in [0.25, 0.3) is 0 Å². The number of amides is 1. The third-order valence-electron chi connectivity index (χ3n) is 3.79. The summed E-state index contributed by atoms with van der Waals surface area (Å²) in [7, 11) is 3.18. The van der Waals surface area contributed by atoms with Crippen LogP contribution in [0.3, 0.4) is 0 Å². The molecule has 1 amide bonds. The number of hydrazine groups is 1. The van der Waals surface area contributed by atoms with E-state index in [4.69, 9.17) is 9.47 Å². The quantitative estimate of drug-likeness (QED) is 0.878. The Morgan fingerprint density at radius 1 is 1.00 bits per heavy atom. The molecule has 2 aromatic rings. The van der Waals surface area contributed by atoms with Crippen LogP contribution in [-0.4, -0.2) is 32.0 Å². The summed E-state index contributed by atoms with van der Waals surface area (Å²) in [4.78, 5) is 16.7. The van der Waals surface area contributed by atoms with Gasteiger partial charge in [0.25, 0.3) is 5.91 Å². The van der Waals surface area contributed by atoms with Crippen LogP contribution in [0.5, 0.6) is 11.5 Å². The van der Waals surface area contributed by atoms with E-state index in [1.165, 1.54) is 0 Å². The Bertz CT molecular complexity index is 737. The number of nitrogens with one attached hydrogen (secondary N) is 2. The smallest absolute Gasteiger partial charge is 0.263 e. The van der Waals surface area contributed by atoms with Crippen molar-refractivity contribution < 1.29 is 14.3 Å². The summed E-state index contributed by atoms with van der Waals surface area (Å²) in [6.45, 7) is 0. The molecule has 24 heavy (non-hydrogen) atoms. The Morgan fingerprint density at radius 2 is 1.67 bits per heavy atom. The van der Waals surface area contributed by atoms with Crippen molar-refractivity contribution in [3.8, 4) is 11.5 Å². The van der Waals surface area contributed by atoms with Gasteiger partial charge in [-0.05, 0) is 17.7 Å². The van der Waals surface area contributed by atoms with E-state index in [0.717, 1.165) is 11.1 Å². The van der Waals surface area contributed by atoms with Crippen LogP contribution in [0, 0.1) is 0 Å². The maximum Gasteiger partial charge on any atom is 0.263 e. The number of carbonyl (C=O) groups excluding carboxylic acids is 1. The molecule has 1 aliphatic heterocycles. The SMILES string of the molecule is COc1cc(OC)cc(C2=NC(Cc3ccccc3)C(=O)NN2)c1. The molecule has 1 atom stereocenters. The minimum Gasteiger partial charge on any atom is -0.497 e. The highest BCUT2D eigenvalue weighted by atomic mass is 16.5. The molecule has 0 aromatic heterocycles. The number of nitrogens with zero attached hydrogens (tertiary/aromatic N) is 1. The maximum absolute atomic E-state index is 12.1. The molecular formula is C18H19N3O3. The Hall–Kier alpha value is -3.02. The summed E-state index contributed by atoms with van der Waals surface area (Å²) in [5.74, 6) is 1.74. The first-order valence-electron chi connectivity index (χ1n) is 7.60. The maximum atomic E-state index is 12.1. The molecule has 0 radical (unpaired) electrons.